The van der Waals surface area contributed by atoms with Gasteiger partial charge in [-0.05, 0) is 19.1 Å². The first-order chi connectivity index (χ1) is 9.19. The number of halogens is 1. The van der Waals surface area contributed by atoms with Gasteiger partial charge < -0.3 is 9.47 Å². The second-order valence-corrected chi connectivity index (χ2v) is 6.06. The lowest BCUT2D eigenvalue weighted by atomic mass is 9.91. The minimum absolute atomic E-state index is 0.0993. The summed E-state index contributed by atoms with van der Waals surface area (Å²) >= 11 is 3.58. The number of alkyl halides is 1. The Morgan fingerprint density at radius 3 is 2.84 bits per heavy atom. The normalized spacial score (nSPS) is 26.2. The quantitative estimate of drug-likeness (QED) is 0.811. The number of methoxy groups -OCH3 is 1. The minimum Gasteiger partial charge on any atom is -0.485 e. The van der Waals surface area contributed by atoms with Gasteiger partial charge in [-0.25, -0.2) is 4.98 Å². The Labute approximate surface area is 121 Å². The first-order valence-corrected chi connectivity index (χ1v) is 7.30. The van der Waals surface area contributed by atoms with Crippen molar-refractivity contribution in [3.63, 3.8) is 0 Å². The van der Waals surface area contributed by atoms with Crippen LogP contribution < -0.4 is 4.74 Å². The molecule has 2 aromatic rings. The van der Waals surface area contributed by atoms with E-state index < -0.39 is 0 Å². The van der Waals surface area contributed by atoms with Crippen molar-refractivity contribution in [1.82, 2.24) is 4.98 Å². The van der Waals surface area contributed by atoms with E-state index >= 15 is 0 Å². The van der Waals surface area contributed by atoms with E-state index in [1.165, 1.54) is 0 Å². The molecular weight excluding hydrogens is 306 g/mol. The van der Waals surface area contributed by atoms with Gasteiger partial charge >= 0.3 is 0 Å². The predicted octanol–water partition coefficient (Wildman–Crippen LogP) is 3.47. The SMILES string of the molecule is COC1C(Br)CC1Oc1cccc2ccc(C)nc12. The Kier molecular flexibility index (Phi) is 3.46. The van der Waals surface area contributed by atoms with Crippen molar-refractivity contribution in [1.29, 1.82) is 0 Å². The van der Waals surface area contributed by atoms with Crippen LogP contribution >= 0.6 is 15.9 Å². The van der Waals surface area contributed by atoms with Crippen molar-refractivity contribution < 1.29 is 9.47 Å². The molecule has 1 heterocycles. The van der Waals surface area contributed by atoms with Crippen LogP contribution in [0.1, 0.15) is 12.1 Å². The number of nitrogens with zero attached hydrogens (tertiary/aromatic N) is 1. The largest absolute Gasteiger partial charge is 0.485 e. The van der Waals surface area contributed by atoms with Crippen LogP contribution in [0, 0.1) is 6.92 Å². The lowest BCUT2D eigenvalue weighted by Gasteiger charge is -2.40. The summed E-state index contributed by atoms with van der Waals surface area (Å²) < 4.78 is 11.5. The summed E-state index contributed by atoms with van der Waals surface area (Å²) in [7, 11) is 1.72. The lowest BCUT2D eigenvalue weighted by Crippen LogP contribution is -2.51. The summed E-state index contributed by atoms with van der Waals surface area (Å²) in [4.78, 5) is 4.96. The van der Waals surface area contributed by atoms with Crippen LogP contribution in [0.25, 0.3) is 10.9 Å². The number of aromatic nitrogens is 1. The highest BCUT2D eigenvalue weighted by Crippen LogP contribution is 2.35. The zero-order chi connectivity index (χ0) is 13.4. The molecule has 100 valence electrons. The third-order valence-corrected chi connectivity index (χ3v) is 4.45. The van der Waals surface area contributed by atoms with Crippen molar-refractivity contribution in [2.75, 3.05) is 7.11 Å². The minimum atomic E-state index is 0.0993. The van der Waals surface area contributed by atoms with Crippen molar-refractivity contribution >= 4 is 26.8 Å². The van der Waals surface area contributed by atoms with E-state index in [4.69, 9.17) is 9.47 Å². The fraction of sp³-hybridized carbons (Fsp3) is 0.400. The molecule has 1 aliphatic carbocycles. The number of aryl methyl sites for hydroxylation is 1. The van der Waals surface area contributed by atoms with Gasteiger partial charge in [-0.2, -0.15) is 0 Å². The van der Waals surface area contributed by atoms with Crippen molar-refractivity contribution in [2.45, 2.75) is 30.4 Å². The van der Waals surface area contributed by atoms with E-state index in [1.807, 2.05) is 25.1 Å². The van der Waals surface area contributed by atoms with Crippen LogP contribution in [0.15, 0.2) is 30.3 Å². The molecule has 0 radical (unpaired) electrons. The highest BCUT2D eigenvalue weighted by molar-refractivity contribution is 9.09. The lowest BCUT2D eigenvalue weighted by molar-refractivity contribution is -0.0539. The average molecular weight is 322 g/mol. The first kappa shape index (κ1) is 12.9. The number of rotatable bonds is 3. The van der Waals surface area contributed by atoms with Crippen LogP contribution in [0.4, 0.5) is 0 Å². The van der Waals surface area contributed by atoms with Gasteiger partial charge in [0, 0.05) is 29.4 Å². The molecule has 0 bridgehead atoms. The van der Waals surface area contributed by atoms with Crippen molar-refractivity contribution in [3.8, 4) is 5.75 Å². The average Bonchev–Trinajstić information content (AvgIpc) is 2.39. The molecule has 0 aliphatic heterocycles. The Morgan fingerprint density at radius 1 is 1.26 bits per heavy atom. The number of para-hydroxylation sites is 1. The number of pyridine rings is 1. The van der Waals surface area contributed by atoms with Crippen molar-refractivity contribution in [3.05, 3.63) is 36.0 Å². The van der Waals surface area contributed by atoms with Gasteiger partial charge in [-0.15, -0.1) is 0 Å². The van der Waals surface area contributed by atoms with Gasteiger partial charge in [0.1, 0.15) is 23.5 Å². The van der Waals surface area contributed by atoms with Crippen LogP contribution in [-0.4, -0.2) is 29.1 Å². The van der Waals surface area contributed by atoms with E-state index in [9.17, 15) is 0 Å². The summed E-state index contributed by atoms with van der Waals surface area (Å²) in [5.41, 5.74) is 1.93. The molecule has 0 saturated heterocycles. The number of fused-ring (bicyclic) bond motifs is 1. The molecule has 3 unspecified atom stereocenters. The maximum Gasteiger partial charge on any atom is 0.146 e. The Morgan fingerprint density at radius 2 is 2.11 bits per heavy atom. The Hall–Kier alpha value is -1.13. The third kappa shape index (κ3) is 2.35. The molecule has 0 spiro atoms. The summed E-state index contributed by atoms with van der Waals surface area (Å²) in [6.07, 6.45) is 1.17. The van der Waals surface area contributed by atoms with E-state index in [1.54, 1.807) is 7.11 Å². The Balaban J connectivity index is 1.91. The topological polar surface area (TPSA) is 31.4 Å². The van der Waals surface area contributed by atoms with Gasteiger partial charge in [0.25, 0.3) is 0 Å². The maximum atomic E-state index is 6.07. The number of benzene rings is 1. The van der Waals surface area contributed by atoms with Gasteiger partial charge in [-0.1, -0.05) is 34.1 Å². The molecule has 3 atom stereocenters. The molecule has 1 aromatic carbocycles. The summed E-state index contributed by atoms with van der Waals surface area (Å²) in [6, 6.07) is 10.1. The number of hydrogen-bond donors (Lipinski definition) is 0. The molecule has 1 aliphatic rings. The summed E-state index contributed by atoms with van der Waals surface area (Å²) in [6.45, 7) is 1.99. The second kappa shape index (κ2) is 5.10. The van der Waals surface area contributed by atoms with Gasteiger partial charge in [0.05, 0.1) is 0 Å². The molecular formula is C15H16BrNO2. The predicted molar refractivity (Wildman–Crippen MR) is 79.0 cm³/mol. The molecule has 3 nitrogen and oxygen atoms in total. The monoisotopic (exact) mass is 321 g/mol. The van der Waals surface area contributed by atoms with E-state index in [0.717, 1.165) is 28.8 Å². The number of ether oxygens (including phenoxy) is 2. The van der Waals surface area contributed by atoms with Gasteiger partial charge in [0.15, 0.2) is 0 Å². The first-order valence-electron chi connectivity index (χ1n) is 6.39. The standard InChI is InChI=1S/C15H16BrNO2/c1-9-6-7-10-4-3-5-12(14(10)17-9)19-13-8-11(16)15(13)18-2/h3-7,11,13,15H,8H2,1-2H3. The second-order valence-electron chi connectivity index (χ2n) is 4.89. The van der Waals surface area contributed by atoms with Crippen LogP contribution in [0.5, 0.6) is 5.75 Å². The highest BCUT2D eigenvalue weighted by atomic mass is 79.9. The fourth-order valence-electron chi connectivity index (χ4n) is 2.42. The molecule has 1 fully saturated rings. The molecule has 0 amide bonds. The van der Waals surface area contributed by atoms with Crippen LogP contribution in [0.2, 0.25) is 0 Å². The molecule has 3 rings (SSSR count). The zero-order valence-electron chi connectivity index (χ0n) is 11.0. The molecule has 4 heteroatoms. The maximum absolute atomic E-state index is 6.07. The molecule has 1 saturated carbocycles. The van der Waals surface area contributed by atoms with Crippen LogP contribution in [0.3, 0.4) is 0 Å². The zero-order valence-corrected chi connectivity index (χ0v) is 12.6. The van der Waals surface area contributed by atoms with E-state index in [-0.39, 0.29) is 12.2 Å². The Bertz CT molecular complexity index is 602. The van der Waals surface area contributed by atoms with Crippen LogP contribution in [-0.2, 0) is 4.74 Å². The molecule has 0 N–H and O–H groups in total. The van der Waals surface area contributed by atoms with Gasteiger partial charge in [0.2, 0.25) is 0 Å². The smallest absolute Gasteiger partial charge is 0.146 e. The van der Waals surface area contributed by atoms with Gasteiger partial charge in [-0.3, -0.25) is 0 Å². The third-order valence-electron chi connectivity index (χ3n) is 3.55. The number of hydrogen-bond acceptors (Lipinski definition) is 3. The fourth-order valence-corrected chi connectivity index (χ4v) is 3.34. The molecule has 19 heavy (non-hydrogen) atoms. The molecule has 1 aromatic heterocycles. The summed E-state index contributed by atoms with van der Waals surface area (Å²) in [5, 5.41) is 1.10. The van der Waals surface area contributed by atoms with E-state index in [2.05, 4.69) is 33.0 Å². The summed E-state index contributed by atoms with van der Waals surface area (Å²) in [5.74, 6) is 0.840. The van der Waals surface area contributed by atoms with E-state index in [0.29, 0.717) is 4.83 Å². The van der Waals surface area contributed by atoms with Crippen molar-refractivity contribution in [2.24, 2.45) is 0 Å². The highest BCUT2D eigenvalue weighted by Gasteiger charge is 2.41.